The first-order valence-electron chi connectivity index (χ1n) is 8.62. The number of hydrogen-bond donors (Lipinski definition) is 0. The van der Waals surface area contributed by atoms with Crippen molar-refractivity contribution in [3.05, 3.63) is 102 Å². The van der Waals surface area contributed by atoms with Crippen LogP contribution >= 0.6 is 0 Å². The minimum Gasteiger partial charge on any atom is -0.274 e. The highest BCUT2D eigenvalue weighted by Crippen LogP contribution is 2.46. The van der Waals surface area contributed by atoms with Crippen LogP contribution in [0.25, 0.3) is 0 Å². The van der Waals surface area contributed by atoms with E-state index in [-0.39, 0.29) is 18.2 Å². The van der Waals surface area contributed by atoms with Crippen LogP contribution < -0.4 is 0 Å². The summed E-state index contributed by atoms with van der Waals surface area (Å²) in [5, 5.41) is 0. The average Bonchev–Trinajstić information content (AvgIpc) is 2.69. The minimum atomic E-state index is -3.01. The van der Waals surface area contributed by atoms with E-state index < -0.39 is 11.8 Å². The Bertz CT molecular complexity index is 893. The van der Waals surface area contributed by atoms with Crippen molar-refractivity contribution in [2.24, 2.45) is 4.99 Å². The fraction of sp³-hybridized carbons (Fsp3) is 0.182. The maximum Gasteiger partial charge on any atom is 0.290 e. The van der Waals surface area contributed by atoms with E-state index in [4.69, 9.17) is 0 Å². The van der Waals surface area contributed by atoms with Crippen LogP contribution in [0.3, 0.4) is 0 Å². The molecule has 0 radical (unpaired) electrons. The summed E-state index contributed by atoms with van der Waals surface area (Å²) < 4.78 is 30.0. The van der Waals surface area contributed by atoms with Gasteiger partial charge in [-0.25, -0.2) is 0 Å². The van der Waals surface area contributed by atoms with Crippen molar-refractivity contribution < 1.29 is 8.78 Å². The molecule has 0 fully saturated rings. The molecule has 0 saturated heterocycles. The molecule has 4 heteroatoms. The molecule has 1 aromatic heterocycles. The molecular formula is C22H18F2N2. The van der Waals surface area contributed by atoms with E-state index in [2.05, 4.69) is 9.98 Å². The smallest absolute Gasteiger partial charge is 0.274 e. The molecule has 1 aliphatic rings. The van der Waals surface area contributed by atoms with Crippen LogP contribution in [0.1, 0.15) is 35.2 Å². The van der Waals surface area contributed by atoms with E-state index in [1.165, 1.54) is 0 Å². The van der Waals surface area contributed by atoms with Crippen molar-refractivity contribution >= 4 is 5.71 Å². The Kier molecular flexibility index (Phi) is 4.33. The molecule has 0 amide bonds. The second-order valence-corrected chi connectivity index (χ2v) is 6.47. The second kappa shape index (κ2) is 6.79. The number of aliphatic imine (C=N–C) groups is 1. The summed E-state index contributed by atoms with van der Waals surface area (Å²) in [4.78, 5) is 8.90. The Balaban J connectivity index is 1.86. The van der Waals surface area contributed by atoms with E-state index in [1.54, 1.807) is 42.6 Å². The number of hydrogen-bond acceptors (Lipinski definition) is 2. The minimum absolute atomic E-state index is 0.140. The molecule has 0 bridgehead atoms. The fourth-order valence-corrected chi connectivity index (χ4v) is 3.51. The van der Waals surface area contributed by atoms with Crippen molar-refractivity contribution in [1.29, 1.82) is 0 Å². The first-order valence-corrected chi connectivity index (χ1v) is 8.62. The molecule has 2 heterocycles. The quantitative estimate of drug-likeness (QED) is 0.619. The van der Waals surface area contributed by atoms with Crippen LogP contribution in [0.5, 0.6) is 0 Å². The monoisotopic (exact) mass is 348 g/mol. The van der Waals surface area contributed by atoms with Crippen molar-refractivity contribution in [2.45, 2.75) is 24.3 Å². The Morgan fingerprint density at radius 1 is 0.808 bits per heavy atom. The molecule has 3 aromatic rings. The molecule has 2 aromatic carbocycles. The van der Waals surface area contributed by atoms with Gasteiger partial charge >= 0.3 is 0 Å². The molecule has 0 unspecified atom stereocenters. The van der Waals surface area contributed by atoms with Crippen LogP contribution in [0, 0.1) is 0 Å². The van der Waals surface area contributed by atoms with Crippen LogP contribution in [-0.4, -0.2) is 16.6 Å². The van der Waals surface area contributed by atoms with E-state index >= 15 is 8.78 Å². The van der Waals surface area contributed by atoms with Gasteiger partial charge in [-0.05, 0) is 17.7 Å². The number of pyridine rings is 1. The topological polar surface area (TPSA) is 25.2 Å². The van der Waals surface area contributed by atoms with Crippen LogP contribution in [0.4, 0.5) is 8.78 Å². The maximum absolute atomic E-state index is 15.0. The molecule has 4 rings (SSSR count). The van der Waals surface area contributed by atoms with Gasteiger partial charge in [0.15, 0.2) is 0 Å². The molecule has 0 aliphatic carbocycles. The van der Waals surface area contributed by atoms with Crippen molar-refractivity contribution in [2.75, 3.05) is 0 Å². The third-order valence-corrected chi connectivity index (χ3v) is 4.73. The van der Waals surface area contributed by atoms with E-state index in [0.29, 0.717) is 11.3 Å². The van der Waals surface area contributed by atoms with Gasteiger partial charge in [0.25, 0.3) is 5.92 Å². The zero-order chi connectivity index (χ0) is 18.0. The number of nitrogens with zero attached hydrogens (tertiary/aromatic N) is 2. The number of benzene rings is 2. The SMILES string of the molecule is FC1(F)C[C@H](c2ccccn2)[C@H](c2ccccc2)N=C1c1ccccc1. The lowest BCUT2D eigenvalue weighted by molar-refractivity contribution is 0.0484. The average molecular weight is 348 g/mol. The largest absolute Gasteiger partial charge is 0.290 e. The van der Waals surface area contributed by atoms with E-state index in [9.17, 15) is 0 Å². The summed E-state index contributed by atoms with van der Waals surface area (Å²) in [6.07, 6.45) is 1.34. The Morgan fingerprint density at radius 3 is 2.12 bits per heavy atom. The zero-order valence-corrected chi connectivity index (χ0v) is 14.1. The van der Waals surface area contributed by atoms with Gasteiger partial charge in [0, 0.05) is 29.8 Å². The van der Waals surface area contributed by atoms with E-state index in [0.717, 1.165) is 5.56 Å². The summed E-state index contributed by atoms with van der Waals surface area (Å²) in [7, 11) is 0. The summed E-state index contributed by atoms with van der Waals surface area (Å²) >= 11 is 0. The first-order chi connectivity index (χ1) is 12.6. The van der Waals surface area contributed by atoms with Crippen LogP contribution in [0.15, 0.2) is 90.1 Å². The van der Waals surface area contributed by atoms with E-state index in [1.807, 2.05) is 42.5 Å². The number of rotatable bonds is 3. The predicted octanol–water partition coefficient (Wildman–Crippen LogP) is 5.43. The second-order valence-electron chi connectivity index (χ2n) is 6.47. The van der Waals surface area contributed by atoms with Gasteiger partial charge in [-0.1, -0.05) is 66.7 Å². The van der Waals surface area contributed by atoms with Gasteiger partial charge < -0.3 is 0 Å². The molecule has 0 saturated carbocycles. The highest BCUT2D eigenvalue weighted by molar-refractivity contribution is 6.06. The van der Waals surface area contributed by atoms with Gasteiger partial charge in [0.1, 0.15) is 5.71 Å². The van der Waals surface area contributed by atoms with Gasteiger partial charge in [-0.2, -0.15) is 8.78 Å². The molecule has 0 spiro atoms. The Morgan fingerprint density at radius 2 is 1.46 bits per heavy atom. The Hall–Kier alpha value is -2.88. The molecule has 2 nitrogen and oxygen atoms in total. The highest BCUT2D eigenvalue weighted by Gasteiger charge is 2.47. The summed E-state index contributed by atoms with van der Waals surface area (Å²) in [5.74, 6) is -3.48. The van der Waals surface area contributed by atoms with Crippen LogP contribution in [-0.2, 0) is 0 Å². The predicted molar refractivity (Wildman–Crippen MR) is 98.7 cm³/mol. The number of halogens is 2. The normalized spacial score (nSPS) is 21.8. The van der Waals surface area contributed by atoms with Crippen LogP contribution in [0.2, 0.25) is 0 Å². The molecule has 0 N–H and O–H groups in total. The van der Waals surface area contributed by atoms with Gasteiger partial charge in [-0.15, -0.1) is 0 Å². The standard InChI is InChI=1S/C22H18F2N2/c23-22(24)15-18(19-13-7-8-14-25-19)20(16-9-3-1-4-10-16)26-21(22)17-11-5-2-6-12-17/h1-14,18,20H,15H2/t18-,20+/m1/s1. The third kappa shape index (κ3) is 3.15. The van der Waals surface area contributed by atoms with Gasteiger partial charge in [0.2, 0.25) is 0 Å². The van der Waals surface area contributed by atoms with Crippen molar-refractivity contribution in [3.63, 3.8) is 0 Å². The first kappa shape index (κ1) is 16.6. The fourth-order valence-electron chi connectivity index (χ4n) is 3.51. The molecule has 26 heavy (non-hydrogen) atoms. The number of alkyl halides is 2. The van der Waals surface area contributed by atoms with Gasteiger partial charge in [0.05, 0.1) is 6.04 Å². The zero-order valence-electron chi connectivity index (χ0n) is 14.1. The lowest BCUT2D eigenvalue weighted by atomic mass is 9.80. The maximum atomic E-state index is 15.0. The summed E-state index contributed by atoms with van der Waals surface area (Å²) in [5.41, 5.74) is 1.90. The molecule has 1 aliphatic heterocycles. The third-order valence-electron chi connectivity index (χ3n) is 4.73. The lowest BCUT2D eigenvalue weighted by Crippen LogP contribution is -2.38. The number of aromatic nitrogens is 1. The molecule has 2 atom stereocenters. The van der Waals surface area contributed by atoms with Crippen molar-refractivity contribution in [1.82, 2.24) is 4.98 Å². The van der Waals surface area contributed by atoms with Gasteiger partial charge in [-0.3, -0.25) is 9.98 Å². The lowest BCUT2D eigenvalue weighted by Gasteiger charge is -2.34. The summed E-state index contributed by atoms with van der Waals surface area (Å²) in [6.45, 7) is 0. The summed E-state index contributed by atoms with van der Waals surface area (Å²) in [6, 6.07) is 23.4. The highest BCUT2D eigenvalue weighted by atomic mass is 19.3. The molecular weight excluding hydrogens is 330 g/mol. The molecule has 130 valence electrons. The Labute approximate surface area is 151 Å². The van der Waals surface area contributed by atoms with Crippen molar-refractivity contribution in [3.8, 4) is 0 Å².